The van der Waals surface area contributed by atoms with Crippen molar-refractivity contribution in [3.05, 3.63) is 48.6 Å². The molecule has 0 spiro atoms. The fourth-order valence-corrected chi connectivity index (χ4v) is 6.86. The fraction of sp³-hybridized carbons (Fsp3) is 0.804. The minimum atomic E-state index is -4.52. The van der Waals surface area contributed by atoms with Crippen molar-refractivity contribution in [1.29, 1.82) is 0 Å². The molecule has 3 atom stereocenters. The first-order valence-electron chi connectivity index (χ1n) is 22.6. The van der Waals surface area contributed by atoms with Gasteiger partial charge in [0.05, 0.1) is 26.4 Å². The van der Waals surface area contributed by atoms with E-state index in [4.69, 9.17) is 23.6 Å². The third-order valence-electron chi connectivity index (χ3n) is 9.50. The molecular weight excluding hydrogens is 727 g/mol. The summed E-state index contributed by atoms with van der Waals surface area (Å²) >= 11 is 0. The number of hydrogen-bond acceptors (Lipinski definition) is 8. The summed E-state index contributed by atoms with van der Waals surface area (Å²) in [6.45, 7) is 3.39. The Kier molecular flexibility index (Phi) is 41.8. The van der Waals surface area contributed by atoms with E-state index >= 15 is 0 Å². The molecule has 0 saturated heterocycles. The zero-order valence-corrected chi connectivity index (χ0v) is 36.7. The van der Waals surface area contributed by atoms with Crippen molar-refractivity contribution < 1.29 is 43.0 Å². The fourth-order valence-electron chi connectivity index (χ4n) is 6.07. The lowest BCUT2D eigenvalue weighted by Crippen LogP contribution is -2.29. The van der Waals surface area contributed by atoms with Gasteiger partial charge in [-0.05, 0) is 70.6 Å². The third kappa shape index (κ3) is 42.0. The predicted octanol–water partition coefficient (Wildman–Crippen LogP) is 12.6. The SMILES string of the molecule is CC/C=C\C/C=C\C/C=C\CCCCCCCC(=O)OC(COCCCCCCCCCCCC/C=C\CCCCCCCC)COP(=O)(O)OCC(O)CO. The lowest BCUT2D eigenvalue weighted by molar-refractivity contribution is -0.154. The number of carbonyl (C=O) groups excluding carboxylic acids is 1. The van der Waals surface area contributed by atoms with Gasteiger partial charge in [-0.15, -0.1) is 0 Å². The molecule has 0 radical (unpaired) electrons. The molecule has 0 aliphatic carbocycles. The zero-order chi connectivity index (χ0) is 41.1. The van der Waals surface area contributed by atoms with E-state index in [1.807, 2.05) is 0 Å². The number of aliphatic hydroxyl groups is 2. The molecule has 0 saturated carbocycles. The predicted molar refractivity (Wildman–Crippen MR) is 233 cm³/mol. The van der Waals surface area contributed by atoms with Gasteiger partial charge in [-0.2, -0.15) is 0 Å². The van der Waals surface area contributed by atoms with Crippen LogP contribution in [0.1, 0.15) is 194 Å². The second-order valence-electron chi connectivity index (χ2n) is 15.0. The van der Waals surface area contributed by atoms with Crippen LogP contribution in [0.5, 0.6) is 0 Å². The highest BCUT2D eigenvalue weighted by Crippen LogP contribution is 2.43. The van der Waals surface area contributed by atoms with E-state index < -0.39 is 39.2 Å². The molecule has 9 nitrogen and oxygen atoms in total. The first kappa shape index (κ1) is 54.4. The number of allylic oxidation sites excluding steroid dienone is 8. The van der Waals surface area contributed by atoms with E-state index in [0.717, 1.165) is 70.6 Å². The number of unbranched alkanes of at least 4 members (excludes halogenated alkanes) is 21. The van der Waals surface area contributed by atoms with Crippen LogP contribution < -0.4 is 0 Å². The highest BCUT2D eigenvalue weighted by Gasteiger charge is 2.26. The molecule has 0 aliphatic heterocycles. The van der Waals surface area contributed by atoms with E-state index in [0.29, 0.717) is 13.0 Å². The Morgan fingerprint density at radius 2 is 1.02 bits per heavy atom. The topological polar surface area (TPSA) is 132 Å². The van der Waals surface area contributed by atoms with Gasteiger partial charge in [0.1, 0.15) is 12.2 Å². The van der Waals surface area contributed by atoms with E-state index in [-0.39, 0.29) is 19.6 Å². The summed E-state index contributed by atoms with van der Waals surface area (Å²) in [5, 5.41) is 18.4. The number of ether oxygens (including phenoxy) is 2. The third-order valence-corrected chi connectivity index (χ3v) is 10.4. The van der Waals surface area contributed by atoms with Crippen molar-refractivity contribution >= 4 is 13.8 Å². The molecule has 0 rings (SSSR count). The average molecular weight is 813 g/mol. The molecule has 0 bridgehead atoms. The van der Waals surface area contributed by atoms with Crippen LogP contribution in [0, 0.1) is 0 Å². The maximum Gasteiger partial charge on any atom is 0.472 e. The number of hydrogen-bond donors (Lipinski definition) is 3. The van der Waals surface area contributed by atoms with Crippen molar-refractivity contribution in [2.24, 2.45) is 0 Å². The van der Waals surface area contributed by atoms with E-state index in [9.17, 15) is 19.4 Å². The van der Waals surface area contributed by atoms with Crippen molar-refractivity contribution in [3.8, 4) is 0 Å². The average Bonchev–Trinajstić information content (AvgIpc) is 3.19. The van der Waals surface area contributed by atoms with Gasteiger partial charge < -0.3 is 24.6 Å². The van der Waals surface area contributed by atoms with Crippen LogP contribution in [0.4, 0.5) is 0 Å². The molecule has 0 aromatic heterocycles. The zero-order valence-electron chi connectivity index (χ0n) is 35.8. The Hall–Kier alpha value is -1.58. The molecule has 0 heterocycles. The number of phosphoric acid groups is 1. The molecule has 0 aromatic rings. The Morgan fingerprint density at radius 3 is 1.55 bits per heavy atom. The smallest absolute Gasteiger partial charge is 0.457 e. The Morgan fingerprint density at radius 1 is 0.571 bits per heavy atom. The first-order chi connectivity index (χ1) is 27.3. The van der Waals surface area contributed by atoms with Gasteiger partial charge in [0.25, 0.3) is 0 Å². The maximum absolute atomic E-state index is 12.6. The summed E-state index contributed by atoms with van der Waals surface area (Å²) < 4.78 is 33.4. The van der Waals surface area contributed by atoms with Crippen molar-refractivity contribution in [2.45, 2.75) is 206 Å². The largest absolute Gasteiger partial charge is 0.472 e. The highest BCUT2D eigenvalue weighted by atomic mass is 31.2. The minimum absolute atomic E-state index is 0.0408. The summed E-state index contributed by atoms with van der Waals surface area (Å²) in [5.74, 6) is -0.400. The van der Waals surface area contributed by atoms with Crippen LogP contribution >= 0.6 is 7.82 Å². The van der Waals surface area contributed by atoms with Crippen LogP contribution in [-0.2, 0) is 27.9 Å². The van der Waals surface area contributed by atoms with Crippen molar-refractivity contribution in [2.75, 3.05) is 33.0 Å². The lowest BCUT2D eigenvalue weighted by atomic mass is 10.1. The molecule has 0 fully saturated rings. The van der Waals surface area contributed by atoms with Crippen LogP contribution in [0.3, 0.4) is 0 Å². The molecule has 0 amide bonds. The molecule has 0 aromatic carbocycles. The van der Waals surface area contributed by atoms with Gasteiger partial charge in [0.2, 0.25) is 0 Å². The Labute approximate surface area is 343 Å². The van der Waals surface area contributed by atoms with Gasteiger partial charge in [-0.25, -0.2) is 4.57 Å². The van der Waals surface area contributed by atoms with Gasteiger partial charge in [-0.1, -0.05) is 165 Å². The lowest BCUT2D eigenvalue weighted by Gasteiger charge is -2.20. The van der Waals surface area contributed by atoms with Gasteiger partial charge >= 0.3 is 13.8 Å². The second kappa shape index (κ2) is 43.0. The molecular formula is C46H85O9P. The van der Waals surface area contributed by atoms with E-state index in [1.54, 1.807) is 0 Å². The summed E-state index contributed by atoms with van der Waals surface area (Å²) in [4.78, 5) is 22.6. The standard InChI is InChI=1S/C46H85O9P/c1-3-5-7-9-11-13-15-17-19-20-21-22-23-25-27-29-31-33-35-37-39-52-42-45(43-54-56(50,51)53-41-44(48)40-47)55-46(49)38-36-34-32-30-28-26-24-18-16-14-12-10-8-6-4-2/h6,8,12,14,17-19,24,44-45,47-48H,3-5,7,9-11,13,15-16,20-23,25-43H2,1-2H3,(H,50,51)/b8-6-,14-12-,19-17-,24-18-. The monoisotopic (exact) mass is 813 g/mol. The summed E-state index contributed by atoms with van der Waals surface area (Å²) in [7, 11) is -4.52. The molecule has 3 N–H and O–H groups in total. The summed E-state index contributed by atoms with van der Waals surface area (Å²) in [6, 6.07) is 0. The second-order valence-corrected chi connectivity index (χ2v) is 16.5. The molecule has 10 heteroatoms. The molecule has 3 unspecified atom stereocenters. The van der Waals surface area contributed by atoms with Crippen LogP contribution in [0.25, 0.3) is 0 Å². The quantitative estimate of drug-likeness (QED) is 0.0238. The number of carbonyl (C=O) groups is 1. The van der Waals surface area contributed by atoms with E-state index in [2.05, 4.69) is 62.5 Å². The van der Waals surface area contributed by atoms with Crippen molar-refractivity contribution in [1.82, 2.24) is 0 Å². The number of aliphatic hydroxyl groups excluding tert-OH is 2. The molecule has 0 aliphatic rings. The van der Waals surface area contributed by atoms with E-state index in [1.165, 1.54) is 96.3 Å². The van der Waals surface area contributed by atoms with Crippen LogP contribution in [0.15, 0.2) is 48.6 Å². The summed E-state index contributed by atoms with van der Waals surface area (Å²) in [5.41, 5.74) is 0. The number of rotatable bonds is 43. The highest BCUT2D eigenvalue weighted by molar-refractivity contribution is 7.47. The molecule has 328 valence electrons. The number of phosphoric ester groups is 1. The van der Waals surface area contributed by atoms with Crippen LogP contribution in [0.2, 0.25) is 0 Å². The Bertz CT molecular complexity index is 1010. The van der Waals surface area contributed by atoms with Gasteiger partial charge in [-0.3, -0.25) is 13.8 Å². The van der Waals surface area contributed by atoms with Crippen molar-refractivity contribution in [3.63, 3.8) is 0 Å². The normalized spacial score (nSPS) is 14.4. The number of esters is 1. The minimum Gasteiger partial charge on any atom is -0.457 e. The first-order valence-corrected chi connectivity index (χ1v) is 24.1. The van der Waals surface area contributed by atoms with Gasteiger partial charge in [0.15, 0.2) is 0 Å². The maximum atomic E-state index is 12.6. The molecule has 56 heavy (non-hydrogen) atoms. The van der Waals surface area contributed by atoms with Crippen LogP contribution in [-0.4, -0.2) is 66.3 Å². The summed E-state index contributed by atoms with van der Waals surface area (Å²) in [6.07, 6.45) is 47.9. The Balaban J connectivity index is 4.14. The van der Waals surface area contributed by atoms with Gasteiger partial charge in [0, 0.05) is 13.0 Å².